The molecule has 0 heterocycles. The minimum absolute atomic E-state index is 1.18. The van der Waals surface area contributed by atoms with E-state index in [9.17, 15) is 4.91 Å². The summed E-state index contributed by atoms with van der Waals surface area (Å²) in [5.41, 5.74) is 0. The molecule has 0 aromatic heterocycles. The molecule has 0 aromatic rings. The van der Waals surface area contributed by atoms with Crippen LogP contribution in [-0.4, -0.2) is 0 Å². The van der Waals surface area contributed by atoms with Crippen LogP contribution in [-0.2, 0) is 0 Å². The van der Waals surface area contributed by atoms with Crippen molar-refractivity contribution < 1.29 is 0 Å². The van der Waals surface area contributed by atoms with E-state index < -0.39 is 0 Å². The summed E-state index contributed by atoms with van der Waals surface area (Å²) in [6.07, 6.45) is 11.5. The Bertz CT molecular complexity index is 158. The lowest BCUT2D eigenvalue weighted by Crippen LogP contribution is -1.48. The van der Waals surface area contributed by atoms with E-state index in [0.29, 0.717) is 0 Å². The molecule has 0 saturated carbocycles. The Morgan fingerprint density at radius 1 is 1.00 bits per heavy atom. The highest BCUT2D eigenvalue weighted by Crippen LogP contribution is 1.80. The average Bonchev–Trinajstić information content (AvgIpc) is 1.97. The maximum Gasteiger partial charge on any atom is 0.0714 e. The Hall–Kier alpha value is -1.44. The summed E-state index contributed by atoms with van der Waals surface area (Å²) in [5, 5.41) is 2.53. The van der Waals surface area contributed by atoms with Crippen molar-refractivity contribution in [3.63, 3.8) is 0 Å². The van der Waals surface area contributed by atoms with Crippen LogP contribution in [0.1, 0.15) is 0 Å². The van der Waals surface area contributed by atoms with Gasteiger partial charge in [-0.05, 0) is 11.3 Å². The van der Waals surface area contributed by atoms with E-state index in [-0.39, 0.29) is 0 Å². The fourth-order valence-corrected chi connectivity index (χ4v) is 0.356. The molecule has 0 aromatic carbocycles. The number of hydrogen-bond donors (Lipinski definition) is 0. The molecule has 10 heavy (non-hydrogen) atoms. The number of nitroso groups, excluding NO2 is 1. The number of nitrogens with zero attached hydrogens (tertiary/aromatic N) is 1. The first-order valence-corrected chi connectivity index (χ1v) is 2.85. The quantitative estimate of drug-likeness (QED) is 0.430. The Kier molecular flexibility index (Phi) is 6.47. The summed E-state index contributed by atoms with van der Waals surface area (Å²) in [5.74, 6) is 0. The van der Waals surface area contributed by atoms with Crippen LogP contribution in [0.3, 0.4) is 0 Å². The predicted molar refractivity (Wildman–Crippen MR) is 43.4 cm³/mol. The minimum atomic E-state index is 1.18. The first-order chi connectivity index (χ1) is 4.91. The molecule has 0 unspecified atom stereocenters. The molecular formula is C8H9NO. The second-order valence-corrected chi connectivity index (χ2v) is 1.45. The number of allylic oxidation sites excluding steroid dienone is 6. The first-order valence-electron chi connectivity index (χ1n) is 2.85. The van der Waals surface area contributed by atoms with E-state index in [2.05, 4.69) is 11.8 Å². The van der Waals surface area contributed by atoms with E-state index in [1.54, 1.807) is 30.4 Å². The smallest absolute Gasteiger partial charge is 0.0714 e. The van der Waals surface area contributed by atoms with Gasteiger partial charge in [0.15, 0.2) is 0 Å². The van der Waals surface area contributed by atoms with Crippen LogP contribution >= 0.6 is 0 Å². The zero-order valence-electron chi connectivity index (χ0n) is 5.60. The lowest BCUT2D eigenvalue weighted by molar-refractivity contribution is 1.53. The fraction of sp³-hybridized carbons (Fsp3) is 0. The molecule has 2 nitrogen and oxygen atoms in total. The lowest BCUT2D eigenvalue weighted by atomic mass is 10.4. The zero-order chi connectivity index (χ0) is 7.66. The van der Waals surface area contributed by atoms with Gasteiger partial charge in [-0.15, -0.1) is 4.91 Å². The maximum absolute atomic E-state index is 9.49. The number of hydrogen-bond acceptors (Lipinski definition) is 2. The van der Waals surface area contributed by atoms with E-state index in [1.807, 2.05) is 6.08 Å². The Balaban J connectivity index is 3.55. The minimum Gasteiger partial charge on any atom is -0.145 e. The van der Waals surface area contributed by atoms with Gasteiger partial charge >= 0.3 is 0 Å². The van der Waals surface area contributed by atoms with Crippen molar-refractivity contribution in [2.45, 2.75) is 0 Å². The molecule has 0 spiro atoms. The standard InChI is InChI=1S/C8H9NO/c1-2-3-4-5-6-7-8-9-10/h2-8H,1H2/b4-3-,6-5-,8-7-. The highest BCUT2D eigenvalue weighted by molar-refractivity contribution is 5.13. The molecule has 0 amide bonds. The largest absolute Gasteiger partial charge is 0.145 e. The van der Waals surface area contributed by atoms with Gasteiger partial charge < -0.3 is 0 Å². The molecule has 52 valence electrons. The molecule has 0 radical (unpaired) electrons. The van der Waals surface area contributed by atoms with Crippen LogP contribution in [0.25, 0.3) is 0 Å². The van der Waals surface area contributed by atoms with Gasteiger partial charge in [0.2, 0.25) is 0 Å². The first kappa shape index (κ1) is 8.56. The van der Waals surface area contributed by atoms with E-state index >= 15 is 0 Å². The number of rotatable bonds is 4. The summed E-state index contributed by atoms with van der Waals surface area (Å²) in [6.45, 7) is 3.49. The van der Waals surface area contributed by atoms with Crippen molar-refractivity contribution in [1.29, 1.82) is 0 Å². The molecular weight excluding hydrogens is 126 g/mol. The molecule has 0 atom stereocenters. The van der Waals surface area contributed by atoms with Gasteiger partial charge in [0, 0.05) is 0 Å². The normalized spacial score (nSPS) is 11.6. The maximum atomic E-state index is 9.49. The van der Waals surface area contributed by atoms with Gasteiger partial charge in [-0.25, -0.2) is 0 Å². The SMILES string of the molecule is C=C\C=C/C=C\C=C/N=O. The second-order valence-electron chi connectivity index (χ2n) is 1.45. The van der Waals surface area contributed by atoms with Gasteiger partial charge in [0.05, 0.1) is 6.20 Å². The molecule has 0 N–H and O–H groups in total. The van der Waals surface area contributed by atoms with E-state index in [4.69, 9.17) is 0 Å². The highest BCUT2D eigenvalue weighted by Gasteiger charge is 1.60. The van der Waals surface area contributed by atoms with Crippen LogP contribution in [0.2, 0.25) is 0 Å². The average molecular weight is 135 g/mol. The van der Waals surface area contributed by atoms with Gasteiger partial charge in [0.25, 0.3) is 0 Å². The summed E-state index contributed by atoms with van der Waals surface area (Å²) in [6, 6.07) is 0. The third kappa shape index (κ3) is 6.56. The summed E-state index contributed by atoms with van der Waals surface area (Å²) < 4.78 is 0. The Morgan fingerprint density at radius 3 is 2.20 bits per heavy atom. The molecule has 2 heteroatoms. The van der Waals surface area contributed by atoms with Crippen LogP contribution in [0.4, 0.5) is 0 Å². The molecule has 0 fully saturated rings. The summed E-state index contributed by atoms with van der Waals surface area (Å²) in [4.78, 5) is 9.49. The molecule has 0 aliphatic rings. The summed E-state index contributed by atoms with van der Waals surface area (Å²) in [7, 11) is 0. The van der Waals surface area contributed by atoms with Crippen molar-refractivity contribution in [1.82, 2.24) is 0 Å². The predicted octanol–water partition coefficient (Wildman–Crippen LogP) is 2.56. The van der Waals surface area contributed by atoms with E-state index in [1.165, 1.54) is 6.20 Å². The van der Waals surface area contributed by atoms with Gasteiger partial charge in [-0.1, -0.05) is 37.0 Å². The van der Waals surface area contributed by atoms with Crippen molar-refractivity contribution in [2.24, 2.45) is 5.18 Å². The third-order valence-corrected chi connectivity index (χ3v) is 0.727. The van der Waals surface area contributed by atoms with Crippen LogP contribution in [0, 0.1) is 4.91 Å². The van der Waals surface area contributed by atoms with Crippen LogP contribution in [0.15, 0.2) is 54.4 Å². The van der Waals surface area contributed by atoms with Crippen molar-refractivity contribution >= 4 is 0 Å². The second kappa shape index (κ2) is 7.56. The van der Waals surface area contributed by atoms with Crippen molar-refractivity contribution in [2.75, 3.05) is 0 Å². The van der Waals surface area contributed by atoms with E-state index in [0.717, 1.165) is 0 Å². The Morgan fingerprint density at radius 2 is 1.60 bits per heavy atom. The van der Waals surface area contributed by atoms with Crippen LogP contribution < -0.4 is 0 Å². The zero-order valence-corrected chi connectivity index (χ0v) is 5.60. The van der Waals surface area contributed by atoms with Gasteiger partial charge in [-0.2, -0.15) is 0 Å². The monoisotopic (exact) mass is 135 g/mol. The van der Waals surface area contributed by atoms with Gasteiger partial charge in [-0.3, -0.25) is 0 Å². The van der Waals surface area contributed by atoms with Crippen molar-refractivity contribution in [3.05, 3.63) is 54.1 Å². The molecule has 0 aliphatic carbocycles. The third-order valence-electron chi connectivity index (χ3n) is 0.727. The molecule has 0 saturated heterocycles. The van der Waals surface area contributed by atoms with Gasteiger partial charge in [0.1, 0.15) is 0 Å². The highest BCUT2D eigenvalue weighted by atomic mass is 16.2. The van der Waals surface area contributed by atoms with Crippen molar-refractivity contribution in [3.8, 4) is 0 Å². The van der Waals surface area contributed by atoms with Crippen LogP contribution in [0.5, 0.6) is 0 Å². The molecule has 0 aliphatic heterocycles. The fourth-order valence-electron chi connectivity index (χ4n) is 0.356. The lowest BCUT2D eigenvalue weighted by Gasteiger charge is -1.69. The summed E-state index contributed by atoms with van der Waals surface area (Å²) >= 11 is 0. The topological polar surface area (TPSA) is 29.4 Å². The molecule has 0 rings (SSSR count). The molecule has 0 bridgehead atoms. The Labute approximate surface area is 60.2 Å².